The topological polar surface area (TPSA) is 44.3 Å². The van der Waals surface area contributed by atoms with E-state index in [4.69, 9.17) is 0 Å². The van der Waals surface area contributed by atoms with Gasteiger partial charge in [-0.1, -0.05) is 0 Å². The Morgan fingerprint density at radius 1 is 1.21 bits per heavy atom. The van der Waals surface area contributed by atoms with E-state index < -0.39 is 0 Å². The standard InChI is InChI=1S/C14H23N5/c1-11-16-13(12-4-3-5-15-12)10-14(17-11)19-8-6-18(2)7-9-19/h10,12,15H,3-9H2,1-2H3. The number of hydrogen-bond donors (Lipinski definition) is 1. The fraction of sp³-hybridized carbons (Fsp3) is 0.714. The Kier molecular flexibility index (Phi) is 3.66. The molecule has 1 atom stereocenters. The number of aryl methyl sites for hydroxylation is 1. The van der Waals surface area contributed by atoms with E-state index in [-0.39, 0.29) is 0 Å². The highest BCUT2D eigenvalue weighted by Crippen LogP contribution is 2.24. The van der Waals surface area contributed by atoms with Gasteiger partial charge in [-0.2, -0.15) is 0 Å². The average Bonchev–Trinajstić information content (AvgIpc) is 2.93. The van der Waals surface area contributed by atoms with Crippen LogP contribution in [0, 0.1) is 6.92 Å². The van der Waals surface area contributed by atoms with Crippen molar-refractivity contribution in [3.63, 3.8) is 0 Å². The third kappa shape index (κ3) is 2.87. The maximum absolute atomic E-state index is 4.62. The predicted molar refractivity (Wildman–Crippen MR) is 76.5 cm³/mol. The summed E-state index contributed by atoms with van der Waals surface area (Å²) in [7, 11) is 2.18. The maximum Gasteiger partial charge on any atom is 0.132 e. The summed E-state index contributed by atoms with van der Waals surface area (Å²) in [5, 5.41) is 3.52. The van der Waals surface area contributed by atoms with Crippen LogP contribution in [0.2, 0.25) is 0 Å². The van der Waals surface area contributed by atoms with Gasteiger partial charge in [0.1, 0.15) is 11.6 Å². The molecule has 0 aliphatic carbocycles. The predicted octanol–water partition coefficient (Wildman–Crippen LogP) is 0.961. The Morgan fingerprint density at radius 3 is 2.68 bits per heavy atom. The van der Waals surface area contributed by atoms with Crippen LogP contribution in [0.5, 0.6) is 0 Å². The summed E-state index contributed by atoms with van der Waals surface area (Å²) in [5.41, 5.74) is 1.17. The zero-order chi connectivity index (χ0) is 13.2. The molecule has 2 saturated heterocycles. The van der Waals surface area contributed by atoms with Gasteiger partial charge in [-0.25, -0.2) is 9.97 Å². The molecule has 0 spiro atoms. The molecule has 1 N–H and O–H groups in total. The Hall–Kier alpha value is -1.20. The third-order valence-electron chi connectivity index (χ3n) is 4.09. The molecule has 104 valence electrons. The fourth-order valence-corrected chi connectivity index (χ4v) is 2.89. The van der Waals surface area contributed by atoms with Gasteiger partial charge in [0.15, 0.2) is 0 Å². The SMILES string of the molecule is Cc1nc(C2CCCN2)cc(N2CCN(C)CC2)n1. The van der Waals surface area contributed by atoms with Gasteiger partial charge in [0.25, 0.3) is 0 Å². The Balaban J connectivity index is 1.80. The van der Waals surface area contributed by atoms with Crippen molar-refractivity contribution in [3.8, 4) is 0 Å². The molecule has 2 aliphatic rings. The van der Waals surface area contributed by atoms with Crippen LogP contribution in [-0.2, 0) is 0 Å². The van der Waals surface area contributed by atoms with Crippen molar-refractivity contribution in [1.29, 1.82) is 0 Å². The first-order valence-electron chi connectivity index (χ1n) is 7.25. The molecule has 2 aliphatic heterocycles. The molecular formula is C14H23N5. The summed E-state index contributed by atoms with van der Waals surface area (Å²) in [6.07, 6.45) is 2.44. The minimum atomic E-state index is 0.424. The van der Waals surface area contributed by atoms with Crippen molar-refractivity contribution in [2.24, 2.45) is 0 Å². The van der Waals surface area contributed by atoms with E-state index in [1.54, 1.807) is 0 Å². The average molecular weight is 261 g/mol. The number of piperazine rings is 1. The van der Waals surface area contributed by atoms with Gasteiger partial charge < -0.3 is 15.1 Å². The van der Waals surface area contributed by atoms with Crippen LogP contribution < -0.4 is 10.2 Å². The van der Waals surface area contributed by atoms with E-state index in [0.29, 0.717) is 6.04 Å². The van der Waals surface area contributed by atoms with Crippen molar-refractivity contribution in [3.05, 3.63) is 17.6 Å². The molecule has 3 heterocycles. The second-order valence-electron chi connectivity index (χ2n) is 5.64. The quantitative estimate of drug-likeness (QED) is 0.859. The first-order chi connectivity index (χ1) is 9.22. The third-order valence-corrected chi connectivity index (χ3v) is 4.09. The molecule has 0 amide bonds. The van der Waals surface area contributed by atoms with Crippen LogP contribution >= 0.6 is 0 Å². The number of hydrogen-bond acceptors (Lipinski definition) is 5. The lowest BCUT2D eigenvalue weighted by molar-refractivity contribution is 0.312. The van der Waals surface area contributed by atoms with Crippen LogP contribution in [0.15, 0.2) is 6.07 Å². The van der Waals surface area contributed by atoms with Crippen molar-refractivity contribution in [2.75, 3.05) is 44.7 Å². The molecule has 0 saturated carbocycles. The number of rotatable bonds is 2. The number of nitrogens with one attached hydrogen (secondary N) is 1. The summed E-state index contributed by atoms with van der Waals surface area (Å²) >= 11 is 0. The summed E-state index contributed by atoms with van der Waals surface area (Å²) < 4.78 is 0. The van der Waals surface area contributed by atoms with Crippen LogP contribution in [0.4, 0.5) is 5.82 Å². The van der Waals surface area contributed by atoms with Gasteiger partial charge in [-0.3, -0.25) is 0 Å². The minimum absolute atomic E-state index is 0.424. The molecule has 2 fully saturated rings. The fourth-order valence-electron chi connectivity index (χ4n) is 2.89. The monoisotopic (exact) mass is 261 g/mol. The first kappa shape index (κ1) is 12.8. The van der Waals surface area contributed by atoms with Gasteiger partial charge >= 0.3 is 0 Å². The molecule has 0 bridgehead atoms. The minimum Gasteiger partial charge on any atom is -0.354 e. The van der Waals surface area contributed by atoms with Gasteiger partial charge in [-0.15, -0.1) is 0 Å². The highest BCUT2D eigenvalue weighted by Gasteiger charge is 2.21. The molecule has 1 aromatic rings. The first-order valence-corrected chi connectivity index (χ1v) is 7.25. The lowest BCUT2D eigenvalue weighted by atomic mass is 10.1. The Labute approximate surface area is 115 Å². The molecular weight excluding hydrogens is 238 g/mol. The van der Waals surface area contributed by atoms with Gasteiger partial charge in [0.05, 0.1) is 5.69 Å². The van der Waals surface area contributed by atoms with Gasteiger partial charge in [0, 0.05) is 38.3 Å². The zero-order valence-electron chi connectivity index (χ0n) is 11.9. The van der Waals surface area contributed by atoms with E-state index in [0.717, 1.165) is 44.4 Å². The van der Waals surface area contributed by atoms with Crippen LogP contribution in [-0.4, -0.2) is 54.6 Å². The smallest absolute Gasteiger partial charge is 0.132 e. The van der Waals surface area contributed by atoms with E-state index in [1.165, 1.54) is 18.5 Å². The maximum atomic E-state index is 4.62. The number of anilines is 1. The van der Waals surface area contributed by atoms with Crippen LogP contribution in [0.1, 0.15) is 30.4 Å². The second-order valence-corrected chi connectivity index (χ2v) is 5.64. The van der Waals surface area contributed by atoms with Gasteiger partial charge in [-0.05, 0) is 33.4 Å². The van der Waals surface area contributed by atoms with Crippen molar-refractivity contribution in [1.82, 2.24) is 20.2 Å². The van der Waals surface area contributed by atoms with Crippen molar-refractivity contribution in [2.45, 2.75) is 25.8 Å². The van der Waals surface area contributed by atoms with E-state index in [1.807, 2.05) is 6.92 Å². The zero-order valence-corrected chi connectivity index (χ0v) is 11.9. The number of likely N-dealkylation sites (N-methyl/N-ethyl adjacent to an activating group) is 1. The Morgan fingerprint density at radius 2 is 2.00 bits per heavy atom. The Bertz CT molecular complexity index is 433. The van der Waals surface area contributed by atoms with E-state index in [9.17, 15) is 0 Å². The van der Waals surface area contributed by atoms with Crippen molar-refractivity contribution >= 4 is 5.82 Å². The highest BCUT2D eigenvalue weighted by atomic mass is 15.3. The molecule has 3 rings (SSSR count). The van der Waals surface area contributed by atoms with E-state index in [2.05, 4.69) is 38.2 Å². The normalized spacial score (nSPS) is 24.9. The molecule has 19 heavy (non-hydrogen) atoms. The molecule has 0 aromatic carbocycles. The van der Waals surface area contributed by atoms with Crippen molar-refractivity contribution < 1.29 is 0 Å². The summed E-state index contributed by atoms with van der Waals surface area (Å²) in [6.45, 7) is 7.45. The van der Waals surface area contributed by atoms with E-state index >= 15 is 0 Å². The molecule has 1 aromatic heterocycles. The molecule has 5 nitrogen and oxygen atoms in total. The molecule has 5 heteroatoms. The molecule has 0 radical (unpaired) electrons. The lowest BCUT2D eigenvalue weighted by Gasteiger charge is -2.33. The molecule has 1 unspecified atom stereocenters. The second kappa shape index (κ2) is 5.43. The number of nitrogens with zero attached hydrogens (tertiary/aromatic N) is 4. The summed E-state index contributed by atoms with van der Waals surface area (Å²) in [6, 6.07) is 2.61. The van der Waals surface area contributed by atoms with Crippen LogP contribution in [0.25, 0.3) is 0 Å². The highest BCUT2D eigenvalue weighted by molar-refractivity contribution is 5.41. The number of aromatic nitrogens is 2. The van der Waals surface area contributed by atoms with Crippen LogP contribution in [0.3, 0.4) is 0 Å². The lowest BCUT2D eigenvalue weighted by Crippen LogP contribution is -2.45. The largest absolute Gasteiger partial charge is 0.354 e. The summed E-state index contributed by atoms with van der Waals surface area (Å²) in [4.78, 5) is 14.0. The summed E-state index contributed by atoms with van der Waals surface area (Å²) in [5.74, 6) is 1.99. The van der Waals surface area contributed by atoms with Gasteiger partial charge in [0.2, 0.25) is 0 Å².